The van der Waals surface area contributed by atoms with E-state index < -0.39 is 0 Å². The first-order chi connectivity index (χ1) is 7.84. The lowest BCUT2D eigenvalue weighted by Crippen LogP contribution is -2.15. The quantitative estimate of drug-likeness (QED) is 0.758. The summed E-state index contributed by atoms with van der Waals surface area (Å²) < 4.78 is 11.1. The second kappa shape index (κ2) is 6.58. The lowest BCUT2D eigenvalue weighted by Gasteiger charge is -2.15. The molecule has 0 aromatic rings. The number of aliphatic hydroxyl groups is 1. The van der Waals surface area contributed by atoms with Gasteiger partial charge in [-0.05, 0) is 51.4 Å². The maximum absolute atomic E-state index is 9.86. The van der Waals surface area contributed by atoms with Gasteiger partial charge in [-0.25, -0.2) is 0 Å². The molecule has 2 aliphatic rings. The van der Waals surface area contributed by atoms with Crippen LogP contribution in [-0.2, 0) is 9.47 Å². The van der Waals surface area contributed by atoms with Gasteiger partial charge in [-0.3, -0.25) is 0 Å². The summed E-state index contributed by atoms with van der Waals surface area (Å²) in [5.41, 5.74) is 0. The molecule has 3 heteroatoms. The van der Waals surface area contributed by atoms with Crippen molar-refractivity contribution in [3.63, 3.8) is 0 Å². The van der Waals surface area contributed by atoms with Gasteiger partial charge in [0.15, 0.2) is 0 Å². The van der Waals surface area contributed by atoms with Crippen molar-refractivity contribution in [3.8, 4) is 0 Å². The third-order valence-corrected chi connectivity index (χ3v) is 3.69. The fourth-order valence-corrected chi connectivity index (χ4v) is 2.64. The van der Waals surface area contributed by atoms with E-state index in [2.05, 4.69) is 0 Å². The van der Waals surface area contributed by atoms with Crippen LogP contribution >= 0.6 is 0 Å². The molecule has 94 valence electrons. The van der Waals surface area contributed by atoms with Gasteiger partial charge >= 0.3 is 0 Å². The molecule has 0 amide bonds. The van der Waals surface area contributed by atoms with Crippen LogP contribution in [0.25, 0.3) is 0 Å². The van der Waals surface area contributed by atoms with Crippen LogP contribution in [-0.4, -0.2) is 36.6 Å². The largest absolute Gasteiger partial charge is 0.393 e. The van der Waals surface area contributed by atoms with Crippen molar-refractivity contribution in [2.24, 2.45) is 0 Å². The van der Waals surface area contributed by atoms with Crippen LogP contribution in [0.1, 0.15) is 51.4 Å². The highest BCUT2D eigenvalue weighted by molar-refractivity contribution is 4.70. The highest BCUT2D eigenvalue weighted by Gasteiger charge is 2.19. The van der Waals surface area contributed by atoms with E-state index >= 15 is 0 Å². The van der Waals surface area contributed by atoms with Crippen molar-refractivity contribution < 1.29 is 14.6 Å². The van der Waals surface area contributed by atoms with Gasteiger partial charge in [-0.1, -0.05) is 0 Å². The van der Waals surface area contributed by atoms with Crippen molar-refractivity contribution in [2.75, 3.05) is 13.2 Å². The van der Waals surface area contributed by atoms with Crippen LogP contribution in [0, 0.1) is 0 Å². The fraction of sp³-hybridized carbons (Fsp3) is 1.00. The Morgan fingerprint density at radius 1 is 0.938 bits per heavy atom. The minimum atomic E-state index is -0.159. The normalized spacial score (nSPS) is 32.1. The Labute approximate surface area is 98.1 Å². The highest BCUT2D eigenvalue weighted by atomic mass is 16.5. The van der Waals surface area contributed by atoms with Crippen molar-refractivity contribution in [1.82, 2.24) is 0 Å². The molecular weight excluding hydrogens is 204 g/mol. The van der Waals surface area contributed by atoms with Gasteiger partial charge < -0.3 is 14.6 Å². The standard InChI is InChI=1S/C13H24O3/c14-11(5-7-12-3-1-9-15-12)6-8-13-4-2-10-16-13/h11-14H,1-10H2. The molecule has 0 aliphatic carbocycles. The molecule has 2 heterocycles. The van der Waals surface area contributed by atoms with E-state index in [9.17, 15) is 5.11 Å². The van der Waals surface area contributed by atoms with E-state index in [1.807, 2.05) is 0 Å². The van der Waals surface area contributed by atoms with Crippen LogP contribution in [0.15, 0.2) is 0 Å². The number of aliphatic hydroxyl groups excluding tert-OH is 1. The third kappa shape index (κ3) is 4.04. The molecule has 0 aromatic heterocycles. The minimum absolute atomic E-state index is 0.159. The molecule has 2 unspecified atom stereocenters. The van der Waals surface area contributed by atoms with Gasteiger partial charge in [-0.2, -0.15) is 0 Å². The van der Waals surface area contributed by atoms with Gasteiger partial charge in [0.2, 0.25) is 0 Å². The van der Waals surface area contributed by atoms with Gasteiger partial charge in [0.1, 0.15) is 0 Å². The van der Waals surface area contributed by atoms with Gasteiger partial charge in [0, 0.05) is 13.2 Å². The zero-order valence-electron chi connectivity index (χ0n) is 10.1. The van der Waals surface area contributed by atoms with Crippen LogP contribution in [0.3, 0.4) is 0 Å². The molecule has 2 aliphatic heterocycles. The second-order valence-electron chi connectivity index (χ2n) is 5.08. The first-order valence-corrected chi connectivity index (χ1v) is 6.76. The van der Waals surface area contributed by atoms with Crippen molar-refractivity contribution in [1.29, 1.82) is 0 Å². The zero-order valence-corrected chi connectivity index (χ0v) is 10.1. The Kier molecular flexibility index (Phi) is 5.07. The van der Waals surface area contributed by atoms with E-state index in [1.165, 1.54) is 25.7 Å². The van der Waals surface area contributed by atoms with Crippen LogP contribution < -0.4 is 0 Å². The molecule has 0 aromatic carbocycles. The number of hydrogen-bond donors (Lipinski definition) is 1. The average Bonchev–Trinajstić information content (AvgIpc) is 2.96. The summed E-state index contributed by atoms with van der Waals surface area (Å²) in [6.07, 6.45) is 9.22. The van der Waals surface area contributed by atoms with E-state index in [0.717, 1.165) is 38.9 Å². The Bertz CT molecular complexity index is 164. The monoisotopic (exact) mass is 228 g/mol. The summed E-state index contributed by atoms with van der Waals surface area (Å²) in [6.45, 7) is 1.83. The number of ether oxygens (including phenoxy) is 2. The molecule has 3 nitrogen and oxygen atoms in total. The molecule has 2 fully saturated rings. The molecule has 0 saturated carbocycles. The lowest BCUT2D eigenvalue weighted by atomic mass is 10.0. The summed E-state index contributed by atoms with van der Waals surface area (Å²) in [5.74, 6) is 0. The first kappa shape index (κ1) is 12.3. The summed E-state index contributed by atoms with van der Waals surface area (Å²) in [5, 5.41) is 9.86. The van der Waals surface area contributed by atoms with Crippen LogP contribution in [0.4, 0.5) is 0 Å². The van der Waals surface area contributed by atoms with Gasteiger partial charge in [0.05, 0.1) is 18.3 Å². The maximum atomic E-state index is 9.86. The van der Waals surface area contributed by atoms with Crippen molar-refractivity contribution >= 4 is 0 Å². The molecular formula is C13H24O3. The Balaban J connectivity index is 1.51. The Hall–Kier alpha value is -0.120. The van der Waals surface area contributed by atoms with Gasteiger partial charge in [-0.15, -0.1) is 0 Å². The molecule has 0 bridgehead atoms. The second-order valence-corrected chi connectivity index (χ2v) is 5.08. The summed E-state index contributed by atoms with van der Waals surface area (Å²) in [7, 11) is 0. The van der Waals surface area contributed by atoms with E-state index in [-0.39, 0.29) is 6.10 Å². The molecule has 2 atom stereocenters. The first-order valence-electron chi connectivity index (χ1n) is 6.76. The van der Waals surface area contributed by atoms with Crippen LogP contribution in [0.2, 0.25) is 0 Å². The van der Waals surface area contributed by atoms with Crippen LogP contribution in [0.5, 0.6) is 0 Å². The molecule has 2 rings (SSSR count). The molecule has 0 radical (unpaired) electrons. The zero-order chi connectivity index (χ0) is 11.2. The molecule has 0 spiro atoms. The average molecular weight is 228 g/mol. The Morgan fingerprint density at radius 2 is 1.44 bits per heavy atom. The predicted molar refractivity (Wildman–Crippen MR) is 62.4 cm³/mol. The summed E-state index contributed by atoms with van der Waals surface area (Å²) >= 11 is 0. The Morgan fingerprint density at radius 3 is 1.81 bits per heavy atom. The summed E-state index contributed by atoms with van der Waals surface area (Å²) in [6, 6.07) is 0. The molecule has 16 heavy (non-hydrogen) atoms. The summed E-state index contributed by atoms with van der Waals surface area (Å²) in [4.78, 5) is 0. The van der Waals surface area contributed by atoms with Gasteiger partial charge in [0.25, 0.3) is 0 Å². The number of rotatable bonds is 6. The van der Waals surface area contributed by atoms with E-state index in [1.54, 1.807) is 0 Å². The third-order valence-electron chi connectivity index (χ3n) is 3.69. The molecule has 2 saturated heterocycles. The minimum Gasteiger partial charge on any atom is -0.393 e. The van der Waals surface area contributed by atoms with Crippen molar-refractivity contribution in [2.45, 2.75) is 69.7 Å². The smallest absolute Gasteiger partial charge is 0.0577 e. The van der Waals surface area contributed by atoms with E-state index in [0.29, 0.717) is 12.2 Å². The molecule has 1 N–H and O–H groups in total. The van der Waals surface area contributed by atoms with E-state index in [4.69, 9.17) is 9.47 Å². The topological polar surface area (TPSA) is 38.7 Å². The van der Waals surface area contributed by atoms with Crippen molar-refractivity contribution in [3.05, 3.63) is 0 Å². The SMILES string of the molecule is OC(CCC1CCCO1)CCC1CCCO1. The maximum Gasteiger partial charge on any atom is 0.0577 e. The fourth-order valence-electron chi connectivity index (χ4n) is 2.64. The highest BCUT2D eigenvalue weighted by Crippen LogP contribution is 2.21. The predicted octanol–water partition coefficient (Wildman–Crippen LogP) is 2.27. The lowest BCUT2D eigenvalue weighted by molar-refractivity contribution is 0.0620. The number of hydrogen-bond acceptors (Lipinski definition) is 3.